The average Bonchev–Trinajstić information content (AvgIpc) is 3.44. The molecule has 210 valence electrons. The fraction of sp³-hybridized carbons (Fsp3) is 0.645. The molecule has 39 heavy (non-hydrogen) atoms. The number of benzene rings is 1. The van der Waals surface area contributed by atoms with Crippen LogP contribution < -0.4 is 5.43 Å². The highest BCUT2D eigenvalue weighted by Crippen LogP contribution is 2.70. The van der Waals surface area contributed by atoms with Crippen molar-refractivity contribution in [3.63, 3.8) is 0 Å². The second kappa shape index (κ2) is 9.53. The van der Waals surface area contributed by atoms with Gasteiger partial charge >= 0.3 is 5.97 Å². The van der Waals surface area contributed by atoms with E-state index in [1.165, 1.54) is 0 Å². The highest BCUT2D eigenvalue weighted by Gasteiger charge is 2.71. The average molecular weight is 537 g/mol. The molecule has 5 aliphatic rings. The van der Waals surface area contributed by atoms with Gasteiger partial charge in [-0.1, -0.05) is 37.3 Å². The van der Waals surface area contributed by atoms with E-state index in [0.717, 1.165) is 30.4 Å². The summed E-state index contributed by atoms with van der Waals surface area (Å²) in [5, 5.41) is 39.5. The van der Waals surface area contributed by atoms with Crippen LogP contribution in [0.2, 0.25) is 0 Å². The molecule has 8 atom stereocenters. The number of hydrazone groups is 1. The number of fused-ring (bicyclic) bond motifs is 5. The molecule has 8 nitrogen and oxygen atoms in total. The standard InChI is InChI=1S/C31H40N2O6/c1-28-11-8-24-25(31(28,38)14-10-23(28)21-16-27(36)39-18-21)9-13-30(37)17-22(34)7-12-29(24,30)19-32-33-26(35)15-20-5-3-2-4-6-20/h2-6,16,19,22-25,34,37-38H,7-15,17-18H2,1H3,(H,33,35)/t22-,23?,24+,25-,28?,29?,30?,31?/m1/s1. The van der Waals surface area contributed by atoms with Crippen LogP contribution in [0.1, 0.15) is 70.3 Å². The van der Waals surface area contributed by atoms with Gasteiger partial charge in [-0.25, -0.2) is 10.2 Å². The third kappa shape index (κ3) is 4.09. The number of esters is 1. The number of amides is 1. The van der Waals surface area contributed by atoms with Crippen molar-refractivity contribution in [2.45, 2.75) is 88.4 Å². The van der Waals surface area contributed by atoms with Gasteiger partial charge in [0.2, 0.25) is 5.91 Å². The van der Waals surface area contributed by atoms with Crippen molar-refractivity contribution in [1.82, 2.24) is 5.43 Å². The van der Waals surface area contributed by atoms with Gasteiger partial charge in [-0.05, 0) is 80.3 Å². The molecule has 4 aliphatic carbocycles. The van der Waals surface area contributed by atoms with Crippen molar-refractivity contribution in [3.05, 3.63) is 47.5 Å². The zero-order valence-corrected chi connectivity index (χ0v) is 22.6. The maximum atomic E-state index is 12.6. The van der Waals surface area contributed by atoms with Crippen LogP contribution in [0.15, 0.2) is 47.1 Å². The Morgan fingerprint density at radius 1 is 1.08 bits per heavy atom. The Kier molecular flexibility index (Phi) is 6.51. The fourth-order valence-corrected chi connectivity index (χ4v) is 9.40. The lowest BCUT2D eigenvalue weighted by Gasteiger charge is -2.65. The summed E-state index contributed by atoms with van der Waals surface area (Å²) < 4.78 is 5.23. The van der Waals surface area contributed by atoms with Gasteiger partial charge in [0, 0.05) is 29.5 Å². The Morgan fingerprint density at radius 2 is 1.85 bits per heavy atom. The first-order chi connectivity index (χ1) is 18.6. The zero-order chi connectivity index (χ0) is 27.5. The van der Waals surface area contributed by atoms with E-state index in [1.54, 1.807) is 12.3 Å². The Morgan fingerprint density at radius 3 is 2.59 bits per heavy atom. The van der Waals surface area contributed by atoms with Crippen LogP contribution in [0.5, 0.6) is 0 Å². The molecule has 4 N–H and O–H groups in total. The van der Waals surface area contributed by atoms with Gasteiger partial charge in [0.15, 0.2) is 0 Å². The lowest BCUT2D eigenvalue weighted by atomic mass is 9.41. The minimum atomic E-state index is -1.16. The first-order valence-corrected chi connectivity index (χ1v) is 14.5. The molecule has 8 heteroatoms. The summed E-state index contributed by atoms with van der Waals surface area (Å²) in [7, 11) is 0. The third-order valence-corrected chi connectivity index (χ3v) is 11.3. The van der Waals surface area contributed by atoms with Crippen molar-refractivity contribution in [3.8, 4) is 0 Å². The summed E-state index contributed by atoms with van der Waals surface area (Å²) in [6.45, 7) is 2.47. The molecule has 1 aromatic rings. The molecule has 4 saturated carbocycles. The summed E-state index contributed by atoms with van der Waals surface area (Å²) in [6.07, 6.45) is 8.48. The van der Waals surface area contributed by atoms with E-state index in [4.69, 9.17) is 4.74 Å². The van der Waals surface area contributed by atoms with Crippen LogP contribution in [0.3, 0.4) is 0 Å². The molecular weight excluding hydrogens is 496 g/mol. The van der Waals surface area contributed by atoms with E-state index >= 15 is 0 Å². The molecule has 0 spiro atoms. The number of hydrogen-bond donors (Lipinski definition) is 4. The Hall–Kier alpha value is -2.55. The zero-order valence-electron chi connectivity index (χ0n) is 22.6. The number of hydrogen-bond acceptors (Lipinski definition) is 7. The van der Waals surface area contributed by atoms with Gasteiger partial charge in [0.05, 0.1) is 23.7 Å². The highest BCUT2D eigenvalue weighted by molar-refractivity contribution is 5.85. The Balaban J connectivity index is 1.29. The lowest BCUT2D eigenvalue weighted by molar-refractivity contribution is -0.237. The molecule has 1 aliphatic heterocycles. The third-order valence-electron chi connectivity index (χ3n) is 11.3. The first kappa shape index (κ1) is 26.7. The number of aliphatic hydroxyl groups excluding tert-OH is 1. The number of ether oxygens (including phenoxy) is 1. The van der Waals surface area contributed by atoms with Gasteiger partial charge in [0.25, 0.3) is 0 Å². The van der Waals surface area contributed by atoms with Crippen molar-refractivity contribution >= 4 is 18.1 Å². The van der Waals surface area contributed by atoms with Crippen LogP contribution in [-0.4, -0.2) is 57.3 Å². The monoisotopic (exact) mass is 536 g/mol. The van der Waals surface area contributed by atoms with Gasteiger partial charge in [-0.3, -0.25) is 4.79 Å². The number of nitrogens with one attached hydrogen (secondary N) is 1. The van der Waals surface area contributed by atoms with E-state index in [-0.39, 0.29) is 47.9 Å². The summed E-state index contributed by atoms with van der Waals surface area (Å²) in [5.41, 5.74) is 1.32. The summed E-state index contributed by atoms with van der Waals surface area (Å²) in [4.78, 5) is 24.5. The van der Waals surface area contributed by atoms with Crippen molar-refractivity contribution in [2.24, 2.45) is 33.7 Å². The van der Waals surface area contributed by atoms with E-state index in [9.17, 15) is 24.9 Å². The minimum Gasteiger partial charge on any atom is -0.458 e. The van der Waals surface area contributed by atoms with Gasteiger partial charge in [-0.2, -0.15) is 5.10 Å². The quantitative estimate of drug-likeness (QED) is 0.260. The largest absolute Gasteiger partial charge is 0.458 e. The predicted octanol–water partition coefficient (Wildman–Crippen LogP) is 3.04. The second-order valence-electron chi connectivity index (χ2n) is 13.0. The summed E-state index contributed by atoms with van der Waals surface area (Å²) >= 11 is 0. The molecule has 4 fully saturated rings. The number of aliphatic hydroxyl groups is 3. The topological polar surface area (TPSA) is 128 Å². The molecular formula is C31H40N2O6. The van der Waals surface area contributed by atoms with Crippen LogP contribution in [0, 0.1) is 28.6 Å². The Labute approximate surface area is 229 Å². The van der Waals surface area contributed by atoms with Gasteiger partial charge in [0.1, 0.15) is 6.61 Å². The van der Waals surface area contributed by atoms with Crippen molar-refractivity contribution < 1.29 is 29.6 Å². The van der Waals surface area contributed by atoms with Crippen LogP contribution in [0.4, 0.5) is 0 Å². The number of nitrogens with zero attached hydrogens (tertiary/aromatic N) is 1. The van der Waals surface area contributed by atoms with E-state index in [1.807, 2.05) is 30.3 Å². The summed E-state index contributed by atoms with van der Waals surface area (Å²) in [6, 6.07) is 9.48. The Bertz CT molecular complexity index is 1200. The fourth-order valence-electron chi connectivity index (χ4n) is 9.40. The maximum Gasteiger partial charge on any atom is 0.331 e. The van der Waals surface area contributed by atoms with Crippen LogP contribution >= 0.6 is 0 Å². The smallest absolute Gasteiger partial charge is 0.331 e. The van der Waals surface area contributed by atoms with Gasteiger partial charge < -0.3 is 20.1 Å². The summed E-state index contributed by atoms with van der Waals surface area (Å²) in [5.74, 6) is -0.528. The molecule has 0 saturated heterocycles. The number of carbonyl (C=O) groups excluding carboxylic acids is 2. The SMILES string of the molecule is CC12CC[C@H]3[C@@H](CCC4(O)C[C@H](O)CCC34C=NNC(=O)Cc3ccccc3)C1(O)CCC2C1=CC(=O)OC1. The molecule has 5 unspecified atom stereocenters. The van der Waals surface area contributed by atoms with E-state index in [0.29, 0.717) is 38.7 Å². The normalized spacial score (nSPS) is 43.3. The maximum absolute atomic E-state index is 12.6. The molecule has 0 aromatic heterocycles. The molecule has 1 aromatic carbocycles. The van der Waals surface area contributed by atoms with Crippen molar-refractivity contribution in [2.75, 3.05) is 6.61 Å². The van der Waals surface area contributed by atoms with Crippen LogP contribution in [-0.2, 0) is 20.7 Å². The molecule has 0 radical (unpaired) electrons. The first-order valence-electron chi connectivity index (χ1n) is 14.5. The van der Waals surface area contributed by atoms with E-state index in [2.05, 4.69) is 17.5 Å². The number of carbonyl (C=O) groups is 2. The second-order valence-corrected chi connectivity index (χ2v) is 13.0. The molecule has 1 heterocycles. The lowest BCUT2D eigenvalue weighted by Crippen LogP contribution is -2.68. The number of rotatable bonds is 5. The van der Waals surface area contributed by atoms with E-state index < -0.39 is 22.7 Å². The van der Waals surface area contributed by atoms with Crippen LogP contribution in [0.25, 0.3) is 0 Å². The minimum absolute atomic E-state index is 0.0363. The van der Waals surface area contributed by atoms with Gasteiger partial charge in [-0.15, -0.1) is 0 Å². The van der Waals surface area contributed by atoms with Crippen molar-refractivity contribution in [1.29, 1.82) is 0 Å². The molecule has 1 amide bonds. The highest BCUT2D eigenvalue weighted by atomic mass is 16.5. The molecule has 0 bridgehead atoms. The molecule has 6 rings (SSSR count). The number of cyclic esters (lactones) is 1. The predicted molar refractivity (Wildman–Crippen MR) is 144 cm³/mol.